The van der Waals surface area contributed by atoms with Gasteiger partial charge in [0.2, 0.25) is 10.0 Å². The van der Waals surface area contributed by atoms with Crippen LogP contribution in [0.5, 0.6) is 0 Å². The summed E-state index contributed by atoms with van der Waals surface area (Å²) in [6.45, 7) is 1.44. The first-order valence-corrected chi connectivity index (χ1v) is 8.04. The molecule has 0 saturated heterocycles. The van der Waals surface area contributed by atoms with Crippen molar-refractivity contribution in [2.24, 2.45) is 10.3 Å². The number of primary sulfonamides is 1. The molecule has 118 valence electrons. The van der Waals surface area contributed by atoms with Gasteiger partial charge in [0.1, 0.15) is 0 Å². The van der Waals surface area contributed by atoms with Crippen LogP contribution in [-0.4, -0.2) is 20.0 Å². The second-order valence-electron chi connectivity index (χ2n) is 4.82. The van der Waals surface area contributed by atoms with Crippen LogP contribution in [0.4, 0.5) is 0 Å². The minimum atomic E-state index is -4.08. The number of hydrogen-bond donors (Lipinski definition) is 3. The molecule has 0 amide bonds. The van der Waals surface area contributed by atoms with E-state index >= 15 is 0 Å². The molecule has 2 aromatic rings. The summed E-state index contributed by atoms with van der Waals surface area (Å²) in [6.07, 6.45) is 0. The molecule has 4 N–H and O–H groups in total. The fourth-order valence-electron chi connectivity index (χ4n) is 2.19. The molecule has 7 nitrogen and oxygen atoms in total. The van der Waals surface area contributed by atoms with E-state index < -0.39 is 15.9 Å². The Morgan fingerprint density at radius 1 is 1.13 bits per heavy atom. The quantitative estimate of drug-likeness (QED) is 0.344. The predicted octanol–water partition coefficient (Wildman–Crippen LogP) is 2.56. The Balaban J connectivity index is 2.74. The fraction of sp³-hybridized carbons (Fsp3) is 0.0667. The first-order chi connectivity index (χ1) is 10.8. The summed E-state index contributed by atoms with van der Waals surface area (Å²) in [7, 11) is -4.08. The van der Waals surface area contributed by atoms with Crippen LogP contribution in [-0.2, 0) is 10.0 Å². The summed E-state index contributed by atoms with van der Waals surface area (Å²) in [5, 5.41) is 16.0. The summed E-state index contributed by atoms with van der Waals surface area (Å²) in [5.74, 6) is -0.607. The number of Topliss-reactive ketones (excluding diaryl/α,β-unsaturated/α-hetero) is 1. The van der Waals surface area contributed by atoms with E-state index in [1.807, 2.05) is 0 Å². The predicted molar refractivity (Wildman–Crippen MR) is 85.2 cm³/mol. The molecule has 0 fully saturated rings. The molecule has 0 aliphatic heterocycles. The van der Waals surface area contributed by atoms with Crippen molar-refractivity contribution in [3.05, 3.63) is 53.6 Å². The highest BCUT2D eigenvalue weighted by Crippen LogP contribution is 2.29. The summed E-state index contributed by atoms with van der Waals surface area (Å²) in [4.78, 5) is 11.1. The highest BCUT2D eigenvalue weighted by atomic mass is 32.2. The highest BCUT2D eigenvalue weighted by Gasteiger charge is 2.21. The summed E-state index contributed by atoms with van der Waals surface area (Å²) in [5.41, 5.74) is 8.47. The largest absolute Gasteiger partial charge is 0.295 e. The zero-order chi connectivity index (χ0) is 17.2. The van der Waals surface area contributed by atoms with Crippen molar-refractivity contribution < 1.29 is 13.2 Å². The zero-order valence-corrected chi connectivity index (χ0v) is 13.0. The second-order valence-corrected chi connectivity index (χ2v) is 6.35. The van der Waals surface area contributed by atoms with Gasteiger partial charge in [-0.15, -0.1) is 5.11 Å². The maximum atomic E-state index is 11.7. The summed E-state index contributed by atoms with van der Waals surface area (Å²) < 4.78 is 23.5. The molecule has 2 aromatic carbocycles. The number of nitrogens with zero attached hydrogens (tertiary/aromatic N) is 1. The average molecular weight is 330 g/mol. The van der Waals surface area contributed by atoms with E-state index in [-0.39, 0.29) is 16.2 Å². The number of sulfonamides is 1. The van der Waals surface area contributed by atoms with Crippen molar-refractivity contribution in [2.75, 3.05) is 0 Å². The molecule has 8 heteroatoms. The van der Waals surface area contributed by atoms with Crippen molar-refractivity contribution in [1.29, 1.82) is 10.9 Å². The van der Waals surface area contributed by atoms with Crippen molar-refractivity contribution in [3.63, 3.8) is 0 Å². The zero-order valence-electron chi connectivity index (χ0n) is 12.2. The van der Waals surface area contributed by atoms with Crippen molar-refractivity contribution in [2.45, 2.75) is 11.8 Å². The standard InChI is InChI=1S/C15H14N4O3S/c1-9(20)10-5-7-11(8-6-10)12-3-2-4-13(23(18,21)22)14(12)15(16)19-17/h2-8,16-17H,1H3,(H2,18,21,22). The van der Waals surface area contributed by atoms with Crippen LogP contribution in [0.1, 0.15) is 22.8 Å². The molecule has 2 rings (SSSR count). The lowest BCUT2D eigenvalue weighted by molar-refractivity contribution is 0.101. The smallest absolute Gasteiger partial charge is 0.238 e. The topological polar surface area (TPSA) is 137 Å². The molecule has 0 bridgehead atoms. The Labute approximate surface area is 133 Å². The van der Waals surface area contributed by atoms with Gasteiger partial charge >= 0.3 is 0 Å². The molecule has 0 atom stereocenters. The normalized spacial score (nSPS) is 11.0. The maximum Gasteiger partial charge on any atom is 0.238 e. The first-order valence-electron chi connectivity index (χ1n) is 6.49. The Morgan fingerprint density at radius 2 is 1.74 bits per heavy atom. The molecular formula is C15H14N4O3S. The van der Waals surface area contributed by atoms with Gasteiger partial charge in [-0.05, 0) is 24.1 Å². The van der Waals surface area contributed by atoms with E-state index in [1.165, 1.54) is 19.1 Å². The first kappa shape index (κ1) is 16.7. The van der Waals surface area contributed by atoms with Crippen LogP contribution in [0, 0.1) is 10.9 Å². The Bertz CT molecular complexity index is 903. The fourth-order valence-corrected chi connectivity index (χ4v) is 2.95. The number of amidine groups is 1. The van der Waals surface area contributed by atoms with Gasteiger partial charge < -0.3 is 0 Å². The maximum absolute atomic E-state index is 11.7. The number of hydrogen-bond acceptors (Lipinski definition) is 5. The van der Waals surface area contributed by atoms with Gasteiger partial charge in [-0.1, -0.05) is 36.4 Å². The Hall–Kier alpha value is -2.71. The molecule has 0 heterocycles. The number of nitrogens with two attached hydrogens (primary N) is 1. The van der Waals surface area contributed by atoms with Gasteiger partial charge in [-0.3, -0.25) is 10.2 Å². The third-order valence-corrected chi connectivity index (χ3v) is 4.24. The lowest BCUT2D eigenvalue weighted by Gasteiger charge is -2.12. The van der Waals surface area contributed by atoms with E-state index in [4.69, 9.17) is 16.1 Å². The lowest BCUT2D eigenvalue weighted by atomic mass is 9.97. The SMILES string of the molecule is CC(=O)c1ccc(-c2cccc(S(N)(=O)=O)c2C(=N)N=N)cc1. The molecule has 23 heavy (non-hydrogen) atoms. The molecule has 0 unspecified atom stereocenters. The molecule has 0 aromatic heterocycles. The summed E-state index contributed by atoms with van der Waals surface area (Å²) in [6, 6.07) is 10.8. The van der Waals surface area contributed by atoms with E-state index in [0.29, 0.717) is 16.7 Å². The minimum absolute atomic E-state index is 0.0411. The number of nitrogens with one attached hydrogen (secondary N) is 2. The number of ketones is 1. The third-order valence-electron chi connectivity index (χ3n) is 3.28. The van der Waals surface area contributed by atoms with Crippen LogP contribution in [0.15, 0.2) is 52.5 Å². The molecule has 0 aliphatic carbocycles. The van der Waals surface area contributed by atoms with E-state index in [2.05, 4.69) is 5.11 Å². The molecule has 0 aliphatic rings. The molecule has 0 radical (unpaired) electrons. The Kier molecular flexibility index (Phi) is 4.48. The van der Waals surface area contributed by atoms with E-state index in [0.717, 1.165) is 0 Å². The second kappa shape index (κ2) is 6.19. The molecule has 0 spiro atoms. The average Bonchev–Trinajstić information content (AvgIpc) is 2.52. The van der Waals surface area contributed by atoms with Crippen molar-refractivity contribution in [1.82, 2.24) is 0 Å². The van der Waals surface area contributed by atoms with Crippen LogP contribution in [0.2, 0.25) is 0 Å². The summed E-state index contributed by atoms with van der Waals surface area (Å²) >= 11 is 0. The molecule has 0 saturated carbocycles. The number of benzene rings is 2. The van der Waals surface area contributed by atoms with E-state index in [9.17, 15) is 13.2 Å². The van der Waals surface area contributed by atoms with Crippen LogP contribution < -0.4 is 5.14 Å². The minimum Gasteiger partial charge on any atom is -0.295 e. The third kappa shape index (κ3) is 3.38. The number of rotatable bonds is 4. The van der Waals surface area contributed by atoms with Gasteiger partial charge in [-0.2, -0.15) is 0 Å². The van der Waals surface area contributed by atoms with Crippen molar-refractivity contribution in [3.8, 4) is 11.1 Å². The van der Waals surface area contributed by atoms with Crippen LogP contribution in [0.25, 0.3) is 11.1 Å². The highest BCUT2D eigenvalue weighted by molar-refractivity contribution is 7.89. The Morgan fingerprint density at radius 3 is 2.22 bits per heavy atom. The van der Waals surface area contributed by atoms with Crippen LogP contribution in [0.3, 0.4) is 0 Å². The van der Waals surface area contributed by atoms with Crippen LogP contribution >= 0.6 is 0 Å². The number of carbonyl (C=O) groups excluding carboxylic acids is 1. The van der Waals surface area contributed by atoms with Gasteiger partial charge in [0.15, 0.2) is 11.6 Å². The number of carbonyl (C=O) groups is 1. The van der Waals surface area contributed by atoms with Gasteiger partial charge in [0, 0.05) is 11.1 Å². The van der Waals surface area contributed by atoms with Crippen molar-refractivity contribution >= 4 is 21.6 Å². The molecular weight excluding hydrogens is 316 g/mol. The lowest BCUT2D eigenvalue weighted by Crippen LogP contribution is -2.17. The monoisotopic (exact) mass is 330 g/mol. The van der Waals surface area contributed by atoms with Gasteiger partial charge in [0.05, 0.1) is 4.90 Å². The van der Waals surface area contributed by atoms with Gasteiger partial charge in [0.25, 0.3) is 0 Å². The van der Waals surface area contributed by atoms with Gasteiger partial charge in [-0.25, -0.2) is 19.1 Å². The van der Waals surface area contributed by atoms with E-state index in [1.54, 1.807) is 30.3 Å².